The summed E-state index contributed by atoms with van der Waals surface area (Å²) in [5.74, 6) is 1.65. The molecule has 0 aliphatic carbocycles. The summed E-state index contributed by atoms with van der Waals surface area (Å²) >= 11 is 0. The van der Waals surface area contributed by atoms with Crippen molar-refractivity contribution in [2.75, 3.05) is 25.7 Å². The third-order valence-corrected chi connectivity index (χ3v) is 15.0. The predicted molar refractivity (Wildman–Crippen MR) is 269 cm³/mol. The summed E-state index contributed by atoms with van der Waals surface area (Å²) < 4.78 is 42.2. The second-order valence-electron chi connectivity index (χ2n) is 17.1. The molecule has 2 heterocycles. The maximum Gasteiger partial charge on any atom is 0.280 e. The fraction of sp³-hybridized carbons (Fsp3) is 0.175. The van der Waals surface area contributed by atoms with Crippen molar-refractivity contribution < 1.29 is 17.9 Å². The second kappa shape index (κ2) is 19.2. The molecule has 0 spiro atoms. The van der Waals surface area contributed by atoms with Gasteiger partial charge < -0.3 is 19.8 Å². The fourth-order valence-corrected chi connectivity index (χ4v) is 11.3. The highest BCUT2D eigenvalue weighted by atomic mass is 32.2. The third-order valence-electron chi connectivity index (χ3n) is 13.2. The van der Waals surface area contributed by atoms with Crippen LogP contribution in [0.25, 0.3) is 11.2 Å². The van der Waals surface area contributed by atoms with E-state index >= 15 is 0 Å². The number of nitrogens with one attached hydrogen (secondary N) is 1. The molecule has 2 aromatic heterocycles. The smallest absolute Gasteiger partial charge is 0.280 e. The molecule has 9 aromatic rings. The number of fused-ring (bicyclic) bond motifs is 1. The van der Waals surface area contributed by atoms with Gasteiger partial charge in [-0.05, 0) is 96.0 Å². The molecule has 0 fully saturated rings. The summed E-state index contributed by atoms with van der Waals surface area (Å²) in [6.45, 7) is 1.94. The van der Waals surface area contributed by atoms with Crippen molar-refractivity contribution in [1.82, 2.24) is 19.5 Å². The molecule has 11 heteroatoms. The van der Waals surface area contributed by atoms with E-state index in [2.05, 4.69) is 70.2 Å². The number of benzene rings is 7. The lowest BCUT2D eigenvalue weighted by Gasteiger charge is -2.42. The van der Waals surface area contributed by atoms with Crippen molar-refractivity contribution >= 4 is 26.9 Å². The summed E-state index contributed by atoms with van der Waals surface area (Å²) in [4.78, 5) is 27.8. The van der Waals surface area contributed by atoms with Gasteiger partial charge in [0.05, 0.1) is 24.9 Å². The number of anilines is 1. The van der Waals surface area contributed by atoms with Gasteiger partial charge in [0.15, 0.2) is 21.0 Å². The topological polar surface area (TPSA) is 142 Å². The van der Waals surface area contributed by atoms with Crippen molar-refractivity contribution in [3.63, 3.8) is 0 Å². The third kappa shape index (κ3) is 8.45. The molecular weight excluding hydrogens is 867 g/mol. The van der Waals surface area contributed by atoms with E-state index in [1.807, 2.05) is 128 Å². The Morgan fingerprint density at radius 1 is 0.618 bits per heavy atom. The van der Waals surface area contributed by atoms with Crippen molar-refractivity contribution in [2.45, 2.75) is 48.0 Å². The molecular formula is C57H53N5O5S. The van der Waals surface area contributed by atoms with Gasteiger partial charge in [0, 0.05) is 11.5 Å². The number of imidazole rings is 1. The minimum absolute atomic E-state index is 0.0736. The van der Waals surface area contributed by atoms with Crippen LogP contribution in [0.3, 0.4) is 0 Å². The molecule has 1 unspecified atom stereocenters. The van der Waals surface area contributed by atoms with Crippen LogP contribution in [-0.2, 0) is 20.7 Å². The van der Waals surface area contributed by atoms with E-state index in [9.17, 15) is 13.2 Å². The van der Waals surface area contributed by atoms with E-state index < -0.39 is 32.3 Å². The molecule has 342 valence electrons. The number of hydrogen-bond donors (Lipinski definition) is 2. The van der Waals surface area contributed by atoms with Gasteiger partial charge in [-0.1, -0.05) is 163 Å². The Bertz CT molecular complexity index is 3230. The van der Waals surface area contributed by atoms with Gasteiger partial charge >= 0.3 is 0 Å². The highest BCUT2D eigenvalue weighted by molar-refractivity contribution is 7.91. The average molecular weight is 920 g/mol. The van der Waals surface area contributed by atoms with Crippen LogP contribution in [0.1, 0.15) is 70.1 Å². The Hall–Kier alpha value is -7.76. The van der Waals surface area contributed by atoms with Gasteiger partial charge in [-0.3, -0.25) is 9.78 Å². The van der Waals surface area contributed by atoms with Crippen molar-refractivity contribution in [3.8, 4) is 11.5 Å². The number of aromatic amines is 1. The molecule has 68 heavy (non-hydrogen) atoms. The molecule has 0 amide bonds. The molecule has 7 aromatic carbocycles. The zero-order chi connectivity index (χ0) is 47.3. The first-order chi connectivity index (χ1) is 33.1. The van der Waals surface area contributed by atoms with E-state index in [1.165, 1.54) is 0 Å². The summed E-state index contributed by atoms with van der Waals surface area (Å²) in [6.07, 6.45) is 0.933. The fourth-order valence-electron chi connectivity index (χ4n) is 9.95. The molecule has 10 nitrogen and oxygen atoms in total. The van der Waals surface area contributed by atoms with E-state index in [0.29, 0.717) is 30.2 Å². The Balaban J connectivity index is 1.40. The van der Waals surface area contributed by atoms with Gasteiger partial charge in [-0.25, -0.2) is 13.4 Å². The Labute approximate surface area is 397 Å². The zero-order valence-corrected chi connectivity index (χ0v) is 39.1. The molecule has 3 N–H and O–H groups in total. The highest BCUT2D eigenvalue weighted by Crippen LogP contribution is 2.51. The number of aryl methyl sites for hydroxylation is 1. The molecule has 0 saturated carbocycles. The van der Waals surface area contributed by atoms with E-state index in [-0.39, 0.29) is 34.2 Å². The molecule has 0 bridgehead atoms. The van der Waals surface area contributed by atoms with E-state index in [4.69, 9.17) is 25.2 Å². The summed E-state index contributed by atoms with van der Waals surface area (Å²) in [5, 5.41) is 0. The van der Waals surface area contributed by atoms with Crippen molar-refractivity contribution in [2.24, 2.45) is 0 Å². The van der Waals surface area contributed by atoms with Crippen molar-refractivity contribution in [3.05, 3.63) is 249 Å². The molecule has 0 aliphatic rings. The number of nitrogen functional groups attached to an aromatic ring is 1. The lowest BCUT2D eigenvalue weighted by Crippen LogP contribution is -2.38. The Morgan fingerprint density at radius 2 is 1.13 bits per heavy atom. The standard InChI is InChI=1S/C57H53N5O5S/c1-40-29-35-50(36-30-40)68(64,65)37-17-27-47(39-56(41-18-8-4-9-19-41,42-20-10-5-11-21-42)46-26-16-28-49(38-46)67-3)62-52-51(53(63)61-55(58)60-52)59-54(62)57(43-22-12-6-13-23-43,44-24-14-7-15-25-44)45-31-33-48(66-2)34-32-45/h4-16,18-26,28-36,38,47H,17,27,37,39H2,1-3H3,(H3,58,60,61,63). The van der Waals surface area contributed by atoms with Crippen LogP contribution < -0.4 is 20.8 Å². The van der Waals surface area contributed by atoms with Crippen molar-refractivity contribution in [1.29, 1.82) is 0 Å². The summed E-state index contributed by atoms with van der Waals surface area (Å²) in [5.41, 5.74) is 10.8. The van der Waals surface area contributed by atoms with Crippen LogP contribution in [0, 0.1) is 6.92 Å². The lowest BCUT2D eigenvalue weighted by molar-refractivity contribution is 0.357. The van der Waals surface area contributed by atoms with Crippen LogP contribution in [0.5, 0.6) is 11.5 Å². The number of aromatic nitrogens is 4. The molecule has 1 atom stereocenters. The van der Waals surface area contributed by atoms with Crippen LogP contribution >= 0.6 is 0 Å². The SMILES string of the molecule is COc1ccc(C(c2ccccc2)(c2ccccc2)c2nc3c(=O)[nH]c(N)nc3n2C(CCCS(=O)(=O)c2ccc(C)cc2)CC(c2ccccc2)(c2ccccc2)c2cccc(OC)c2)cc1. The maximum atomic E-state index is 14.4. The first-order valence-corrected chi connectivity index (χ1v) is 24.3. The number of hydrogen-bond acceptors (Lipinski definition) is 8. The minimum atomic E-state index is -3.72. The van der Waals surface area contributed by atoms with Crippen LogP contribution in [-0.4, -0.2) is 47.9 Å². The van der Waals surface area contributed by atoms with E-state index in [1.54, 1.807) is 26.4 Å². The number of ether oxygens (including phenoxy) is 2. The number of methoxy groups -OCH3 is 2. The molecule has 0 aliphatic heterocycles. The quantitative estimate of drug-likeness (QED) is 0.0860. The molecule has 0 saturated heterocycles. The van der Waals surface area contributed by atoms with Gasteiger partial charge in [0.2, 0.25) is 5.95 Å². The van der Waals surface area contributed by atoms with Gasteiger partial charge in [0.25, 0.3) is 5.56 Å². The minimum Gasteiger partial charge on any atom is -0.497 e. The first-order valence-electron chi connectivity index (χ1n) is 22.7. The molecule has 0 radical (unpaired) electrons. The largest absolute Gasteiger partial charge is 0.497 e. The average Bonchev–Trinajstić information content (AvgIpc) is 3.76. The summed E-state index contributed by atoms with van der Waals surface area (Å²) in [7, 11) is -0.430. The normalized spacial score (nSPS) is 12.5. The first kappa shape index (κ1) is 45.4. The summed E-state index contributed by atoms with van der Waals surface area (Å²) in [6, 6.07) is 63.3. The predicted octanol–water partition coefficient (Wildman–Crippen LogP) is 10.6. The van der Waals surface area contributed by atoms with E-state index in [0.717, 1.165) is 38.9 Å². The number of nitrogens with two attached hydrogens (primary N) is 1. The van der Waals surface area contributed by atoms with Gasteiger partial charge in [-0.15, -0.1) is 0 Å². The number of sulfone groups is 1. The van der Waals surface area contributed by atoms with Gasteiger partial charge in [-0.2, -0.15) is 4.98 Å². The number of H-pyrrole nitrogens is 1. The second-order valence-corrected chi connectivity index (χ2v) is 19.2. The maximum absolute atomic E-state index is 14.4. The number of rotatable bonds is 17. The molecule has 9 rings (SSSR count). The number of nitrogens with zero attached hydrogens (tertiary/aromatic N) is 3. The lowest BCUT2D eigenvalue weighted by atomic mass is 9.65. The van der Waals surface area contributed by atoms with Crippen LogP contribution in [0.4, 0.5) is 5.95 Å². The van der Waals surface area contributed by atoms with Gasteiger partial charge in [0.1, 0.15) is 22.7 Å². The Morgan fingerprint density at radius 3 is 1.68 bits per heavy atom. The van der Waals surface area contributed by atoms with Crippen LogP contribution in [0.2, 0.25) is 0 Å². The zero-order valence-electron chi connectivity index (χ0n) is 38.2. The monoisotopic (exact) mass is 919 g/mol. The Kier molecular flexibility index (Phi) is 12.8. The van der Waals surface area contributed by atoms with Crippen LogP contribution in [0.15, 0.2) is 204 Å². The highest BCUT2D eigenvalue weighted by Gasteiger charge is 2.47.